The third-order valence-electron chi connectivity index (χ3n) is 5.55. The average Bonchev–Trinajstić information content (AvgIpc) is 2.74. The predicted octanol–water partition coefficient (Wildman–Crippen LogP) is 4.18. The van der Waals surface area contributed by atoms with E-state index >= 15 is 0 Å². The third kappa shape index (κ3) is 3.96. The standard InChI is InChI=1S/C24H27N3O2/c1-4-11-26-12-9-18(10-13-26)20-6-8-23-25-21(15-24(28)27(23)16-20)19-5-7-22(29-3)17(2)14-19/h5-9,14-16H,4,10-13H2,1-3H3. The van der Waals surface area contributed by atoms with E-state index in [-0.39, 0.29) is 5.56 Å². The van der Waals surface area contributed by atoms with Crippen molar-refractivity contribution in [1.82, 2.24) is 14.3 Å². The monoisotopic (exact) mass is 389 g/mol. The zero-order chi connectivity index (χ0) is 20.4. The molecule has 2 aromatic heterocycles. The van der Waals surface area contributed by atoms with Gasteiger partial charge in [0, 0.05) is 30.9 Å². The molecule has 0 unspecified atom stereocenters. The molecular weight excluding hydrogens is 362 g/mol. The largest absolute Gasteiger partial charge is 0.496 e. The summed E-state index contributed by atoms with van der Waals surface area (Å²) in [6.45, 7) is 7.38. The van der Waals surface area contributed by atoms with E-state index in [4.69, 9.17) is 9.72 Å². The van der Waals surface area contributed by atoms with Crippen LogP contribution in [-0.4, -0.2) is 41.0 Å². The lowest BCUT2D eigenvalue weighted by Gasteiger charge is -2.26. The molecule has 0 radical (unpaired) electrons. The Kier molecular flexibility index (Phi) is 5.49. The van der Waals surface area contributed by atoms with Gasteiger partial charge in [-0.1, -0.05) is 13.0 Å². The van der Waals surface area contributed by atoms with E-state index in [2.05, 4.69) is 24.0 Å². The maximum absolute atomic E-state index is 12.8. The zero-order valence-electron chi connectivity index (χ0n) is 17.3. The van der Waals surface area contributed by atoms with Crippen molar-refractivity contribution in [3.05, 3.63) is 70.2 Å². The first-order valence-electron chi connectivity index (χ1n) is 10.2. The number of hydrogen-bond donors (Lipinski definition) is 0. The highest BCUT2D eigenvalue weighted by molar-refractivity contribution is 5.68. The molecule has 0 bridgehead atoms. The highest BCUT2D eigenvalue weighted by Gasteiger charge is 2.13. The van der Waals surface area contributed by atoms with Crippen LogP contribution in [0.25, 0.3) is 22.5 Å². The van der Waals surface area contributed by atoms with Crippen molar-refractivity contribution in [2.75, 3.05) is 26.7 Å². The summed E-state index contributed by atoms with van der Waals surface area (Å²) in [5.74, 6) is 0.828. The number of methoxy groups -OCH3 is 1. The Bertz CT molecular complexity index is 1130. The minimum atomic E-state index is -0.0654. The number of aryl methyl sites for hydroxylation is 1. The molecule has 1 aromatic carbocycles. The molecule has 0 fully saturated rings. The normalized spacial score (nSPS) is 14.8. The summed E-state index contributed by atoms with van der Waals surface area (Å²) in [5.41, 5.74) is 5.62. The van der Waals surface area contributed by atoms with Gasteiger partial charge in [-0.15, -0.1) is 0 Å². The predicted molar refractivity (Wildman–Crippen MR) is 118 cm³/mol. The van der Waals surface area contributed by atoms with Crippen LogP contribution in [0, 0.1) is 6.92 Å². The molecule has 0 saturated carbocycles. The van der Waals surface area contributed by atoms with Gasteiger partial charge in [-0.25, -0.2) is 4.98 Å². The molecule has 0 aliphatic carbocycles. The molecule has 3 aromatic rings. The van der Waals surface area contributed by atoms with Crippen molar-refractivity contribution >= 4 is 11.2 Å². The number of rotatable bonds is 5. The van der Waals surface area contributed by atoms with Gasteiger partial charge in [-0.05, 0) is 73.3 Å². The van der Waals surface area contributed by atoms with Crippen molar-refractivity contribution in [2.45, 2.75) is 26.7 Å². The second-order valence-corrected chi connectivity index (χ2v) is 7.59. The van der Waals surface area contributed by atoms with Crippen LogP contribution in [0.3, 0.4) is 0 Å². The van der Waals surface area contributed by atoms with Gasteiger partial charge in [-0.2, -0.15) is 0 Å². The Labute approximate surface area is 171 Å². The first-order valence-corrected chi connectivity index (χ1v) is 10.2. The van der Waals surface area contributed by atoms with Crippen LogP contribution >= 0.6 is 0 Å². The molecule has 0 spiro atoms. The molecule has 5 nitrogen and oxygen atoms in total. The lowest BCUT2D eigenvalue weighted by Crippen LogP contribution is -2.29. The number of ether oxygens (including phenoxy) is 1. The van der Waals surface area contributed by atoms with Crippen LogP contribution in [0.1, 0.15) is 30.9 Å². The molecule has 4 rings (SSSR count). The van der Waals surface area contributed by atoms with Crippen molar-refractivity contribution < 1.29 is 4.74 Å². The molecule has 0 N–H and O–H groups in total. The maximum atomic E-state index is 12.8. The van der Waals surface area contributed by atoms with Gasteiger partial charge < -0.3 is 4.74 Å². The first kappa shape index (κ1) is 19.4. The molecule has 1 aliphatic heterocycles. The Hall–Kier alpha value is -2.92. The molecule has 5 heteroatoms. The topological polar surface area (TPSA) is 46.8 Å². The summed E-state index contributed by atoms with van der Waals surface area (Å²) in [7, 11) is 1.66. The molecule has 0 saturated heterocycles. The van der Waals surface area contributed by atoms with E-state index in [9.17, 15) is 4.79 Å². The molecule has 0 atom stereocenters. The van der Waals surface area contributed by atoms with Gasteiger partial charge in [0.1, 0.15) is 11.4 Å². The Morgan fingerprint density at radius 2 is 1.97 bits per heavy atom. The molecular formula is C24H27N3O2. The molecule has 3 heterocycles. The van der Waals surface area contributed by atoms with Crippen molar-refractivity contribution in [2.24, 2.45) is 0 Å². The lowest BCUT2D eigenvalue weighted by molar-refractivity contribution is 0.302. The maximum Gasteiger partial charge on any atom is 0.258 e. The summed E-state index contributed by atoms with van der Waals surface area (Å²) in [6.07, 6.45) is 6.40. The Morgan fingerprint density at radius 1 is 1.14 bits per heavy atom. The first-order chi connectivity index (χ1) is 14.1. The quantitative estimate of drug-likeness (QED) is 0.657. The summed E-state index contributed by atoms with van der Waals surface area (Å²) in [5, 5.41) is 0. The number of aromatic nitrogens is 2. The summed E-state index contributed by atoms with van der Waals surface area (Å²) in [6, 6.07) is 11.5. The van der Waals surface area contributed by atoms with Crippen LogP contribution < -0.4 is 10.3 Å². The number of fused-ring (bicyclic) bond motifs is 1. The summed E-state index contributed by atoms with van der Waals surface area (Å²) < 4.78 is 6.97. The van der Waals surface area contributed by atoms with Crippen molar-refractivity contribution in [3.63, 3.8) is 0 Å². The number of nitrogens with zero attached hydrogens (tertiary/aromatic N) is 3. The number of benzene rings is 1. The lowest BCUT2D eigenvalue weighted by atomic mass is 10.0. The van der Waals surface area contributed by atoms with Crippen LogP contribution in [0.4, 0.5) is 0 Å². The molecule has 0 amide bonds. The average molecular weight is 389 g/mol. The third-order valence-corrected chi connectivity index (χ3v) is 5.55. The van der Waals surface area contributed by atoms with E-state index in [1.807, 2.05) is 37.4 Å². The molecule has 1 aliphatic rings. The van der Waals surface area contributed by atoms with Gasteiger partial charge in [0.2, 0.25) is 0 Å². The van der Waals surface area contributed by atoms with E-state index in [1.165, 1.54) is 12.0 Å². The highest BCUT2D eigenvalue weighted by Crippen LogP contribution is 2.26. The summed E-state index contributed by atoms with van der Waals surface area (Å²) in [4.78, 5) is 20.0. The van der Waals surface area contributed by atoms with Gasteiger partial charge in [-0.3, -0.25) is 14.1 Å². The highest BCUT2D eigenvalue weighted by atomic mass is 16.5. The van der Waals surface area contributed by atoms with Crippen molar-refractivity contribution in [3.8, 4) is 17.0 Å². The second kappa shape index (κ2) is 8.21. The number of pyridine rings is 1. The zero-order valence-corrected chi connectivity index (χ0v) is 17.3. The second-order valence-electron chi connectivity index (χ2n) is 7.59. The minimum absolute atomic E-state index is 0.0654. The summed E-state index contributed by atoms with van der Waals surface area (Å²) >= 11 is 0. The van der Waals surface area contributed by atoms with Crippen LogP contribution in [0.2, 0.25) is 0 Å². The van der Waals surface area contributed by atoms with Gasteiger partial charge >= 0.3 is 0 Å². The SMILES string of the molecule is CCCN1CC=C(c2ccc3nc(-c4ccc(OC)c(C)c4)cc(=O)n3c2)CC1. The minimum Gasteiger partial charge on any atom is -0.496 e. The Morgan fingerprint density at radius 3 is 2.66 bits per heavy atom. The smallest absolute Gasteiger partial charge is 0.258 e. The fourth-order valence-corrected chi connectivity index (χ4v) is 3.97. The number of hydrogen-bond acceptors (Lipinski definition) is 4. The fraction of sp³-hybridized carbons (Fsp3) is 0.333. The van der Waals surface area contributed by atoms with Crippen molar-refractivity contribution in [1.29, 1.82) is 0 Å². The van der Waals surface area contributed by atoms with Gasteiger partial charge in [0.25, 0.3) is 5.56 Å². The molecule has 29 heavy (non-hydrogen) atoms. The van der Waals surface area contributed by atoms with Gasteiger partial charge in [0.15, 0.2) is 0 Å². The van der Waals surface area contributed by atoms with Crippen LogP contribution in [-0.2, 0) is 0 Å². The van der Waals surface area contributed by atoms with E-state index in [0.717, 1.165) is 48.5 Å². The fourth-order valence-electron chi connectivity index (χ4n) is 3.97. The van der Waals surface area contributed by atoms with E-state index in [0.29, 0.717) is 11.3 Å². The molecule has 150 valence electrons. The van der Waals surface area contributed by atoms with E-state index in [1.54, 1.807) is 17.6 Å². The Balaban J connectivity index is 1.67. The van der Waals surface area contributed by atoms with Crippen LogP contribution in [0.15, 0.2) is 53.5 Å². The van der Waals surface area contributed by atoms with Gasteiger partial charge in [0.05, 0.1) is 12.8 Å². The van der Waals surface area contributed by atoms with E-state index < -0.39 is 0 Å². The van der Waals surface area contributed by atoms with Crippen LogP contribution in [0.5, 0.6) is 5.75 Å².